The van der Waals surface area contributed by atoms with Gasteiger partial charge in [-0.3, -0.25) is 9.89 Å². The first-order chi connectivity index (χ1) is 19.7. The molecular weight excluding hydrogens is 545 g/mol. The smallest absolute Gasteiger partial charge is 0.281 e. The summed E-state index contributed by atoms with van der Waals surface area (Å²) < 4.78 is 48.0. The molecule has 1 fully saturated rings. The molecule has 2 aromatic carbocycles. The van der Waals surface area contributed by atoms with Gasteiger partial charge in [-0.25, -0.2) is 14.1 Å². The van der Waals surface area contributed by atoms with Crippen LogP contribution in [0.4, 0.5) is 10.2 Å². The number of H-pyrrole nitrogens is 1. The lowest BCUT2D eigenvalue weighted by molar-refractivity contribution is 0.0981. The monoisotopic (exact) mass is 579 g/mol. The molecule has 0 bridgehead atoms. The van der Waals surface area contributed by atoms with Gasteiger partial charge in [0.1, 0.15) is 17.4 Å². The van der Waals surface area contributed by atoms with Gasteiger partial charge in [-0.2, -0.15) is 13.5 Å². The fourth-order valence-electron chi connectivity index (χ4n) is 4.88. The Balaban J connectivity index is 0.00000405. The van der Waals surface area contributed by atoms with Crippen molar-refractivity contribution in [1.82, 2.24) is 19.9 Å². The number of nitrogens with zero attached hydrogens (tertiary/aromatic N) is 3. The van der Waals surface area contributed by atoms with Crippen LogP contribution in [0.25, 0.3) is 11.3 Å². The second-order valence-corrected chi connectivity index (χ2v) is 12.2. The lowest BCUT2D eigenvalue weighted by Gasteiger charge is -2.35. The molecule has 2 N–H and O–H groups in total. The largest absolute Gasteiger partial charge is 0.493 e. The predicted molar refractivity (Wildman–Crippen MR) is 156 cm³/mol. The molecule has 9 nitrogen and oxygen atoms in total. The summed E-state index contributed by atoms with van der Waals surface area (Å²) in [4.78, 5) is 20.2. The van der Waals surface area contributed by atoms with Gasteiger partial charge in [-0.15, -0.1) is 0 Å². The van der Waals surface area contributed by atoms with Gasteiger partial charge in [0.2, 0.25) is 0 Å². The Hall–Kier alpha value is -4.25. The average Bonchev–Trinajstić information content (AvgIpc) is 3.52. The molecule has 0 aliphatic carbocycles. The number of hydrogen-bond acceptors (Lipinski definition) is 7. The van der Waals surface area contributed by atoms with E-state index in [4.69, 9.17) is 9.72 Å². The Labute approximate surface area is 240 Å². The summed E-state index contributed by atoms with van der Waals surface area (Å²) in [6.45, 7) is 5.65. The molecule has 0 unspecified atom stereocenters. The van der Waals surface area contributed by atoms with Crippen LogP contribution in [0.2, 0.25) is 0 Å². The summed E-state index contributed by atoms with van der Waals surface area (Å²) in [7, 11) is -4.18. The molecule has 216 valence electrons. The summed E-state index contributed by atoms with van der Waals surface area (Å²) in [6.07, 6.45) is 3.11. The van der Waals surface area contributed by atoms with Gasteiger partial charge < -0.3 is 9.64 Å². The van der Waals surface area contributed by atoms with E-state index >= 15 is 0 Å². The molecule has 1 atom stereocenters. The fraction of sp³-hybridized carbons (Fsp3) is 0.300. The van der Waals surface area contributed by atoms with E-state index in [9.17, 15) is 17.6 Å². The van der Waals surface area contributed by atoms with Crippen LogP contribution in [0.15, 0.2) is 78.0 Å². The number of pyridine rings is 1. The summed E-state index contributed by atoms with van der Waals surface area (Å²) >= 11 is 0. The summed E-state index contributed by atoms with van der Waals surface area (Å²) in [5.74, 6) is -0.125. The number of amides is 1. The highest BCUT2D eigenvalue weighted by molar-refractivity contribution is 7.90. The number of anilines is 1. The number of sulfonamides is 1. The maximum absolute atomic E-state index is 14.6. The van der Waals surface area contributed by atoms with E-state index in [-0.39, 0.29) is 23.9 Å². The molecule has 5 rings (SSSR count). The topological polar surface area (TPSA) is 117 Å². The minimum Gasteiger partial charge on any atom is -0.493 e. The number of nitrogens with one attached hydrogen (secondary N) is 2. The van der Waals surface area contributed by atoms with E-state index in [1.807, 2.05) is 36.9 Å². The van der Waals surface area contributed by atoms with Crippen LogP contribution in [-0.4, -0.2) is 49.2 Å². The second kappa shape index (κ2) is 12.1. The normalized spacial score (nSPS) is 15.6. The van der Waals surface area contributed by atoms with Crippen LogP contribution < -0.4 is 14.4 Å². The van der Waals surface area contributed by atoms with Crippen LogP contribution in [0.1, 0.15) is 50.0 Å². The standard InChI is InChI=1S/C30H32FN5O4S.H2/c1-20(2)19-40-25-16-23(15-24(31)17-25)27-11-10-26(30(37)35-41(38,39)28-12-13-32-34-28)29(33-27)36-14-6-9-22(18-36)21-7-4-3-5-8-21;/h3-5,7-8,10-13,15-17,20,22H,6,9,14,18-19H2,1-2H3,(H,32,34)(H,35,37);1H/t22-;/m1./s1. The van der Waals surface area contributed by atoms with Gasteiger partial charge >= 0.3 is 0 Å². The van der Waals surface area contributed by atoms with Gasteiger partial charge in [0.05, 0.1) is 24.1 Å². The van der Waals surface area contributed by atoms with E-state index in [0.717, 1.165) is 12.8 Å². The van der Waals surface area contributed by atoms with Gasteiger partial charge in [-0.1, -0.05) is 44.2 Å². The third-order valence-corrected chi connectivity index (χ3v) is 8.11. The van der Waals surface area contributed by atoms with Crippen LogP contribution in [0.5, 0.6) is 5.75 Å². The number of rotatable bonds is 9. The van der Waals surface area contributed by atoms with Crippen LogP contribution in [0.3, 0.4) is 0 Å². The maximum Gasteiger partial charge on any atom is 0.281 e. The van der Waals surface area contributed by atoms with E-state index in [1.165, 1.54) is 36.0 Å². The highest BCUT2D eigenvalue weighted by atomic mass is 32.2. The first kappa shape index (κ1) is 28.3. The number of halogens is 1. The number of ether oxygens (including phenoxy) is 1. The van der Waals surface area contributed by atoms with E-state index in [1.54, 1.807) is 12.1 Å². The van der Waals surface area contributed by atoms with Crippen molar-refractivity contribution in [3.05, 3.63) is 89.9 Å². The van der Waals surface area contributed by atoms with Gasteiger partial charge in [0.25, 0.3) is 15.9 Å². The van der Waals surface area contributed by atoms with Crippen molar-refractivity contribution in [3.63, 3.8) is 0 Å². The highest BCUT2D eigenvalue weighted by Crippen LogP contribution is 2.33. The van der Waals surface area contributed by atoms with E-state index in [2.05, 4.69) is 27.1 Å². The van der Waals surface area contributed by atoms with Crippen molar-refractivity contribution in [1.29, 1.82) is 0 Å². The van der Waals surface area contributed by atoms with Crippen LogP contribution in [0, 0.1) is 11.7 Å². The van der Waals surface area contributed by atoms with Crippen molar-refractivity contribution in [3.8, 4) is 17.0 Å². The Morgan fingerprint density at radius 2 is 1.98 bits per heavy atom. The molecule has 41 heavy (non-hydrogen) atoms. The molecule has 0 spiro atoms. The van der Waals surface area contributed by atoms with Gasteiger partial charge in [-0.05, 0) is 54.7 Å². The minimum absolute atomic E-state index is 0. The SMILES string of the molecule is CC(C)COc1cc(F)cc(-c2ccc(C(=O)NS(=O)(=O)c3ccn[nH]3)c(N3CCC[C@@H](c4ccccc4)C3)n2)c1.[HH]. The number of carbonyl (C=O) groups is 1. The van der Waals surface area contributed by atoms with Gasteiger partial charge in [0.15, 0.2) is 5.03 Å². The Kier molecular flexibility index (Phi) is 8.34. The van der Waals surface area contributed by atoms with E-state index in [0.29, 0.717) is 42.5 Å². The van der Waals surface area contributed by atoms with Crippen molar-refractivity contribution in [2.75, 3.05) is 24.6 Å². The summed E-state index contributed by atoms with van der Waals surface area (Å²) in [5.41, 5.74) is 2.19. The summed E-state index contributed by atoms with van der Waals surface area (Å²) in [6, 6.07) is 18.9. The molecule has 1 aliphatic heterocycles. The third kappa shape index (κ3) is 6.74. The number of benzene rings is 2. The fourth-order valence-corrected chi connectivity index (χ4v) is 5.75. The molecule has 2 aromatic heterocycles. The highest BCUT2D eigenvalue weighted by Gasteiger charge is 2.28. The molecule has 0 radical (unpaired) electrons. The first-order valence-electron chi connectivity index (χ1n) is 13.5. The zero-order valence-electron chi connectivity index (χ0n) is 22.9. The molecule has 11 heteroatoms. The van der Waals surface area contributed by atoms with Crippen molar-refractivity contribution in [2.24, 2.45) is 5.92 Å². The first-order valence-corrected chi connectivity index (χ1v) is 15.0. The van der Waals surface area contributed by atoms with Crippen molar-refractivity contribution < 1.29 is 23.8 Å². The number of hydrogen-bond donors (Lipinski definition) is 2. The molecule has 3 heterocycles. The lowest BCUT2D eigenvalue weighted by atomic mass is 9.90. The van der Waals surface area contributed by atoms with E-state index < -0.39 is 21.7 Å². The quantitative estimate of drug-likeness (QED) is 0.273. The second-order valence-electron chi connectivity index (χ2n) is 10.5. The molecular formula is C30H34FN5O4S. The van der Waals surface area contributed by atoms with Crippen molar-refractivity contribution in [2.45, 2.75) is 37.6 Å². The summed E-state index contributed by atoms with van der Waals surface area (Å²) in [5, 5.41) is 5.80. The zero-order chi connectivity index (χ0) is 29.0. The third-order valence-electron chi connectivity index (χ3n) is 6.85. The van der Waals surface area contributed by atoms with Crippen LogP contribution >= 0.6 is 0 Å². The average molecular weight is 580 g/mol. The van der Waals surface area contributed by atoms with Gasteiger partial charge in [0, 0.05) is 32.1 Å². The minimum atomic E-state index is -4.18. The lowest BCUT2D eigenvalue weighted by Crippen LogP contribution is -2.38. The Morgan fingerprint density at radius 1 is 1.17 bits per heavy atom. The molecule has 1 aliphatic rings. The number of piperidine rings is 1. The molecule has 4 aromatic rings. The molecule has 1 saturated heterocycles. The Morgan fingerprint density at radius 3 is 2.71 bits per heavy atom. The Bertz CT molecular complexity index is 1620. The maximum atomic E-state index is 14.6. The number of aromatic nitrogens is 3. The van der Waals surface area contributed by atoms with Crippen LogP contribution in [-0.2, 0) is 10.0 Å². The number of aromatic amines is 1. The number of carbonyl (C=O) groups excluding carboxylic acids is 1. The van der Waals surface area contributed by atoms with Crippen molar-refractivity contribution >= 4 is 21.7 Å². The molecule has 1 amide bonds. The molecule has 0 saturated carbocycles. The zero-order valence-corrected chi connectivity index (χ0v) is 23.7. The predicted octanol–water partition coefficient (Wildman–Crippen LogP) is 5.39.